The molecule has 0 N–H and O–H groups in total. The molecule has 2 aliphatic rings. The van der Waals surface area contributed by atoms with Crippen molar-refractivity contribution in [2.24, 2.45) is 0 Å². The molecule has 94 valence electrons. The Morgan fingerprint density at radius 2 is 2.37 bits per heavy atom. The minimum Gasteiger partial charge on any atom is -0.337 e. The number of rotatable bonds is 3. The second-order valence-corrected chi connectivity index (χ2v) is 5.86. The van der Waals surface area contributed by atoms with E-state index in [9.17, 15) is 0 Å². The third-order valence-corrected chi connectivity index (χ3v) is 4.56. The van der Waals surface area contributed by atoms with Crippen molar-refractivity contribution in [3.63, 3.8) is 0 Å². The first-order chi connectivity index (χ1) is 9.40. The van der Waals surface area contributed by atoms with E-state index in [1.165, 1.54) is 26.0 Å². The zero-order valence-corrected chi connectivity index (χ0v) is 11.2. The van der Waals surface area contributed by atoms with E-state index in [1.807, 2.05) is 30.1 Å². The van der Waals surface area contributed by atoms with Gasteiger partial charge in [-0.25, -0.2) is 9.97 Å². The molecule has 2 aromatic heterocycles. The van der Waals surface area contributed by atoms with E-state index in [2.05, 4.69) is 33.9 Å². The SMILES string of the molecule is C1=CCC2=c3nc(CCn4ccnc4)sc3=CC2=C1. The molecule has 0 aromatic carbocycles. The molecule has 0 amide bonds. The minimum absolute atomic E-state index is 0.949. The van der Waals surface area contributed by atoms with Gasteiger partial charge in [0, 0.05) is 25.4 Å². The maximum Gasteiger partial charge on any atom is 0.0956 e. The van der Waals surface area contributed by atoms with Gasteiger partial charge in [0.25, 0.3) is 0 Å². The molecule has 4 rings (SSSR count). The number of allylic oxidation sites excluding steroid dienone is 4. The molecule has 0 atom stereocenters. The summed E-state index contributed by atoms with van der Waals surface area (Å²) in [5, 5.41) is 2.43. The van der Waals surface area contributed by atoms with E-state index in [0.717, 1.165) is 19.4 Å². The first kappa shape index (κ1) is 10.9. The molecular weight excluding hydrogens is 254 g/mol. The molecule has 19 heavy (non-hydrogen) atoms. The summed E-state index contributed by atoms with van der Waals surface area (Å²) in [6.07, 6.45) is 16.4. The molecule has 3 nitrogen and oxygen atoms in total. The van der Waals surface area contributed by atoms with Crippen LogP contribution in [0.3, 0.4) is 0 Å². The molecule has 2 heterocycles. The topological polar surface area (TPSA) is 30.7 Å². The second kappa shape index (κ2) is 4.31. The van der Waals surface area contributed by atoms with Crippen LogP contribution < -0.4 is 9.88 Å². The molecule has 4 heteroatoms. The fraction of sp³-hybridized carbons (Fsp3) is 0.200. The third kappa shape index (κ3) is 1.88. The standard InChI is InChI=1S/C15H13N3S/c1-2-4-12-11(3-1)9-13-15(12)17-14(19-13)5-7-18-8-6-16-10-18/h1-3,6,8-10H,4-5,7H2. The zero-order chi connectivity index (χ0) is 12.7. The van der Waals surface area contributed by atoms with E-state index in [1.54, 1.807) is 0 Å². The average molecular weight is 267 g/mol. The lowest BCUT2D eigenvalue weighted by molar-refractivity contribution is 0.692. The number of thiazole rings is 1. The van der Waals surface area contributed by atoms with Crippen molar-refractivity contribution in [1.29, 1.82) is 0 Å². The quantitative estimate of drug-likeness (QED) is 0.842. The zero-order valence-electron chi connectivity index (χ0n) is 10.4. The first-order valence-electron chi connectivity index (χ1n) is 6.44. The van der Waals surface area contributed by atoms with Crippen molar-refractivity contribution < 1.29 is 0 Å². The third-order valence-electron chi connectivity index (χ3n) is 3.50. The molecule has 0 radical (unpaired) electrons. The molecule has 0 aliphatic heterocycles. The largest absolute Gasteiger partial charge is 0.337 e. The maximum absolute atomic E-state index is 4.82. The van der Waals surface area contributed by atoms with Gasteiger partial charge in [-0.05, 0) is 23.6 Å². The van der Waals surface area contributed by atoms with Crippen LogP contribution in [0.1, 0.15) is 11.4 Å². The predicted octanol–water partition coefficient (Wildman–Crippen LogP) is 1.41. The first-order valence-corrected chi connectivity index (χ1v) is 7.25. The average Bonchev–Trinajstić information content (AvgIpc) is 3.12. The van der Waals surface area contributed by atoms with Crippen molar-refractivity contribution in [2.45, 2.75) is 19.4 Å². The number of fused-ring (bicyclic) bond motifs is 2. The van der Waals surface area contributed by atoms with E-state index in [4.69, 9.17) is 4.98 Å². The van der Waals surface area contributed by atoms with E-state index < -0.39 is 0 Å². The van der Waals surface area contributed by atoms with Crippen molar-refractivity contribution in [2.75, 3.05) is 0 Å². The number of aromatic nitrogens is 3. The number of hydrogen-bond donors (Lipinski definition) is 0. The van der Waals surface area contributed by atoms with Crippen LogP contribution in [0.25, 0.3) is 11.6 Å². The summed E-state index contributed by atoms with van der Waals surface area (Å²) >= 11 is 1.82. The van der Waals surface area contributed by atoms with Crippen molar-refractivity contribution >= 4 is 23.0 Å². The van der Waals surface area contributed by atoms with Crippen LogP contribution in [-0.2, 0) is 13.0 Å². The predicted molar refractivity (Wildman–Crippen MR) is 77.0 cm³/mol. The van der Waals surface area contributed by atoms with Crippen LogP contribution in [0.5, 0.6) is 0 Å². The number of imidazole rings is 1. The van der Waals surface area contributed by atoms with E-state index in [0.29, 0.717) is 0 Å². The normalized spacial score (nSPS) is 16.0. The summed E-state index contributed by atoms with van der Waals surface area (Å²) in [7, 11) is 0. The Labute approximate surface area is 115 Å². The lowest BCUT2D eigenvalue weighted by Gasteiger charge is -2.04. The minimum atomic E-state index is 0.949. The highest BCUT2D eigenvalue weighted by Crippen LogP contribution is 2.23. The number of nitrogens with zero attached hydrogens (tertiary/aromatic N) is 3. The molecule has 0 spiro atoms. The van der Waals surface area contributed by atoms with Crippen molar-refractivity contribution in [3.05, 3.63) is 57.4 Å². The number of hydrogen-bond acceptors (Lipinski definition) is 3. The Hall–Kier alpha value is -1.94. The highest BCUT2D eigenvalue weighted by molar-refractivity contribution is 7.09. The molecule has 2 aromatic rings. The van der Waals surface area contributed by atoms with Gasteiger partial charge in [-0.1, -0.05) is 18.2 Å². The van der Waals surface area contributed by atoms with Crippen molar-refractivity contribution in [1.82, 2.24) is 14.5 Å². The van der Waals surface area contributed by atoms with Gasteiger partial charge in [0.2, 0.25) is 0 Å². The summed E-state index contributed by atoms with van der Waals surface area (Å²) in [6, 6.07) is 0. The van der Waals surface area contributed by atoms with Gasteiger partial charge in [-0.2, -0.15) is 0 Å². The van der Waals surface area contributed by atoms with E-state index in [-0.39, 0.29) is 0 Å². The second-order valence-electron chi connectivity index (χ2n) is 4.75. The Morgan fingerprint density at radius 1 is 1.37 bits per heavy atom. The summed E-state index contributed by atoms with van der Waals surface area (Å²) in [6.45, 7) is 0.949. The lowest BCUT2D eigenvalue weighted by Crippen LogP contribution is -2.19. The Kier molecular flexibility index (Phi) is 2.48. The van der Waals surface area contributed by atoms with Gasteiger partial charge in [0.1, 0.15) is 0 Å². The van der Waals surface area contributed by atoms with Gasteiger partial charge < -0.3 is 4.57 Å². The highest BCUT2D eigenvalue weighted by Gasteiger charge is 2.15. The van der Waals surface area contributed by atoms with Crippen LogP contribution in [-0.4, -0.2) is 14.5 Å². The van der Waals surface area contributed by atoms with Crippen LogP contribution in [0.4, 0.5) is 0 Å². The van der Waals surface area contributed by atoms with Gasteiger partial charge in [-0.15, -0.1) is 11.3 Å². The van der Waals surface area contributed by atoms with Gasteiger partial charge in [0.05, 0.1) is 21.2 Å². The van der Waals surface area contributed by atoms with Crippen LogP contribution in [0.2, 0.25) is 0 Å². The Balaban J connectivity index is 1.64. The number of aryl methyl sites for hydroxylation is 2. The molecule has 0 saturated heterocycles. The summed E-state index contributed by atoms with van der Waals surface area (Å²) in [4.78, 5) is 8.88. The Bertz CT molecular complexity index is 791. The molecule has 2 aliphatic carbocycles. The maximum atomic E-state index is 4.82. The molecular formula is C15H13N3S. The van der Waals surface area contributed by atoms with Gasteiger partial charge >= 0.3 is 0 Å². The lowest BCUT2D eigenvalue weighted by atomic mass is 10.0. The van der Waals surface area contributed by atoms with Crippen molar-refractivity contribution in [3.8, 4) is 0 Å². The van der Waals surface area contributed by atoms with Crippen LogP contribution >= 0.6 is 11.3 Å². The summed E-state index contributed by atoms with van der Waals surface area (Å²) < 4.78 is 3.42. The molecule has 0 unspecified atom stereocenters. The highest BCUT2D eigenvalue weighted by atomic mass is 32.1. The van der Waals surface area contributed by atoms with Gasteiger partial charge in [-0.3, -0.25) is 0 Å². The van der Waals surface area contributed by atoms with Gasteiger partial charge in [0.15, 0.2) is 0 Å². The van der Waals surface area contributed by atoms with Crippen LogP contribution in [0.15, 0.2) is 42.5 Å². The van der Waals surface area contributed by atoms with E-state index >= 15 is 0 Å². The monoisotopic (exact) mass is 267 g/mol. The Morgan fingerprint density at radius 3 is 3.26 bits per heavy atom. The summed E-state index contributed by atoms with van der Waals surface area (Å²) in [5.41, 5.74) is 2.74. The fourth-order valence-electron chi connectivity index (χ4n) is 2.53. The van der Waals surface area contributed by atoms with Crippen LogP contribution in [0, 0.1) is 0 Å². The smallest absolute Gasteiger partial charge is 0.0956 e. The summed E-state index contributed by atoms with van der Waals surface area (Å²) in [5.74, 6) is 0. The molecule has 0 fully saturated rings. The fourth-order valence-corrected chi connectivity index (χ4v) is 3.56. The molecule has 0 bridgehead atoms. The molecule has 0 saturated carbocycles.